The molecule has 6 nitrogen and oxygen atoms in total. The molecule has 2 atom stereocenters. The zero-order valence-corrected chi connectivity index (χ0v) is 16.7. The van der Waals surface area contributed by atoms with Crippen LogP contribution in [0, 0.1) is 6.92 Å². The van der Waals surface area contributed by atoms with Crippen LogP contribution in [-0.4, -0.2) is 35.6 Å². The summed E-state index contributed by atoms with van der Waals surface area (Å²) in [7, 11) is 0. The molecule has 1 aliphatic rings. The highest BCUT2D eigenvalue weighted by Crippen LogP contribution is 2.41. The Bertz CT molecular complexity index is 1050. The number of likely N-dealkylation sites (tertiary alicyclic amines) is 1. The third-order valence-corrected chi connectivity index (χ3v) is 5.99. The number of aryl methyl sites for hydroxylation is 1. The zero-order valence-electron chi connectivity index (χ0n) is 16.7. The van der Waals surface area contributed by atoms with Gasteiger partial charge < -0.3 is 4.40 Å². The second-order valence-electron chi connectivity index (χ2n) is 7.81. The summed E-state index contributed by atoms with van der Waals surface area (Å²) in [6, 6.07) is 12.9. The van der Waals surface area contributed by atoms with Crippen molar-refractivity contribution in [1.82, 2.24) is 29.0 Å². The SMILES string of the molecule is Cc1cccnc1[C@@H]1CCC[C@H](c2cn3ccccc3n2)N1CCn1cccn1. The topological polar surface area (TPSA) is 51.2 Å². The summed E-state index contributed by atoms with van der Waals surface area (Å²) in [6.45, 7) is 3.95. The summed E-state index contributed by atoms with van der Waals surface area (Å²) in [5.41, 5.74) is 4.61. The highest BCUT2D eigenvalue weighted by atomic mass is 15.3. The van der Waals surface area contributed by atoms with E-state index in [0.717, 1.165) is 37.3 Å². The molecule has 0 aromatic carbocycles. The fraction of sp³-hybridized carbons (Fsp3) is 0.348. The molecular weight excluding hydrogens is 360 g/mol. The van der Waals surface area contributed by atoms with E-state index in [-0.39, 0.29) is 6.04 Å². The minimum absolute atomic E-state index is 0.283. The molecule has 0 amide bonds. The van der Waals surface area contributed by atoms with Gasteiger partial charge in [0.25, 0.3) is 0 Å². The maximum atomic E-state index is 4.96. The predicted octanol–water partition coefficient (Wildman–Crippen LogP) is 4.20. The normalized spacial score (nSPS) is 20.3. The second kappa shape index (κ2) is 7.79. The first-order valence-corrected chi connectivity index (χ1v) is 10.4. The van der Waals surface area contributed by atoms with Gasteiger partial charge in [-0.05, 0) is 56.0 Å². The average molecular weight is 387 g/mol. The molecule has 0 unspecified atom stereocenters. The van der Waals surface area contributed by atoms with Gasteiger partial charge in [-0.3, -0.25) is 14.6 Å². The molecular formula is C23H26N6. The molecule has 29 heavy (non-hydrogen) atoms. The molecule has 1 aliphatic heterocycles. The van der Waals surface area contributed by atoms with Gasteiger partial charge in [-0.2, -0.15) is 5.10 Å². The van der Waals surface area contributed by atoms with E-state index < -0.39 is 0 Å². The highest BCUT2D eigenvalue weighted by molar-refractivity contribution is 5.40. The molecule has 1 fully saturated rings. The van der Waals surface area contributed by atoms with Crippen molar-refractivity contribution in [3.05, 3.63) is 84.3 Å². The van der Waals surface area contributed by atoms with E-state index >= 15 is 0 Å². The van der Waals surface area contributed by atoms with Crippen LogP contribution in [0.25, 0.3) is 5.65 Å². The molecule has 5 heterocycles. The monoisotopic (exact) mass is 386 g/mol. The lowest BCUT2D eigenvalue weighted by Crippen LogP contribution is -2.39. The fourth-order valence-corrected chi connectivity index (χ4v) is 4.59. The fourth-order valence-electron chi connectivity index (χ4n) is 4.59. The average Bonchev–Trinajstić information content (AvgIpc) is 3.42. The summed E-state index contributed by atoms with van der Waals surface area (Å²) in [6.07, 6.45) is 13.5. The van der Waals surface area contributed by atoms with E-state index in [4.69, 9.17) is 9.97 Å². The van der Waals surface area contributed by atoms with Gasteiger partial charge in [-0.15, -0.1) is 0 Å². The van der Waals surface area contributed by atoms with Gasteiger partial charge in [0.15, 0.2) is 0 Å². The number of hydrogen-bond acceptors (Lipinski definition) is 4. The van der Waals surface area contributed by atoms with Gasteiger partial charge in [0.05, 0.1) is 30.0 Å². The minimum Gasteiger partial charge on any atom is -0.307 e. The van der Waals surface area contributed by atoms with Gasteiger partial charge in [0.2, 0.25) is 0 Å². The maximum Gasteiger partial charge on any atom is 0.137 e. The predicted molar refractivity (Wildman–Crippen MR) is 112 cm³/mol. The summed E-state index contributed by atoms with van der Waals surface area (Å²) in [5.74, 6) is 0. The Labute approximate surface area is 170 Å². The quantitative estimate of drug-likeness (QED) is 0.516. The van der Waals surface area contributed by atoms with Crippen molar-refractivity contribution in [1.29, 1.82) is 0 Å². The van der Waals surface area contributed by atoms with Crippen molar-refractivity contribution >= 4 is 5.65 Å². The van der Waals surface area contributed by atoms with Crippen LogP contribution in [0.2, 0.25) is 0 Å². The Balaban J connectivity index is 1.51. The van der Waals surface area contributed by atoms with E-state index in [1.54, 1.807) is 0 Å². The molecule has 6 heteroatoms. The summed E-state index contributed by atoms with van der Waals surface area (Å²) in [5, 5.41) is 4.40. The van der Waals surface area contributed by atoms with Gasteiger partial charge in [-0.1, -0.05) is 12.1 Å². The van der Waals surface area contributed by atoms with Crippen LogP contribution in [0.3, 0.4) is 0 Å². The summed E-state index contributed by atoms with van der Waals surface area (Å²) >= 11 is 0. The van der Waals surface area contributed by atoms with Crippen molar-refractivity contribution in [2.45, 2.75) is 44.8 Å². The Kier molecular flexibility index (Phi) is 4.86. The number of hydrogen-bond donors (Lipinski definition) is 0. The zero-order chi connectivity index (χ0) is 19.6. The van der Waals surface area contributed by atoms with Crippen LogP contribution < -0.4 is 0 Å². The number of imidazole rings is 1. The largest absolute Gasteiger partial charge is 0.307 e. The molecule has 0 spiro atoms. The number of pyridine rings is 2. The van der Waals surface area contributed by atoms with Gasteiger partial charge in [0.1, 0.15) is 5.65 Å². The molecule has 4 aromatic heterocycles. The summed E-state index contributed by atoms with van der Waals surface area (Å²) in [4.78, 5) is 12.3. The standard InChI is InChI=1S/C23H26N6/c1-18-7-5-11-24-23(18)21-9-4-8-20(29(21)16-15-28-14-6-12-25-28)19-17-27-13-3-2-10-22(27)26-19/h2-3,5-7,10-14,17,20-21H,4,8-9,15-16H2,1H3/t20-,21+/m1/s1. The lowest BCUT2D eigenvalue weighted by atomic mass is 9.90. The number of aromatic nitrogens is 5. The van der Waals surface area contributed by atoms with Gasteiger partial charge >= 0.3 is 0 Å². The first-order valence-electron chi connectivity index (χ1n) is 10.4. The van der Waals surface area contributed by atoms with Crippen LogP contribution in [0.4, 0.5) is 0 Å². The highest BCUT2D eigenvalue weighted by Gasteiger charge is 2.35. The maximum absolute atomic E-state index is 4.96. The number of piperidine rings is 1. The molecule has 0 aliphatic carbocycles. The van der Waals surface area contributed by atoms with E-state index in [0.29, 0.717) is 6.04 Å². The van der Waals surface area contributed by atoms with E-state index in [2.05, 4.69) is 51.9 Å². The Hall–Kier alpha value is -2.99. The van der Waals surface area contributed by atoms with Crippen molar-refractivity contribution < 1.29 is 0 Å². The van der Waals surface area contributed by atoms with Crippen molar-refractivity contribution in [2.24, 2.45) is 0 Å². The number of fused-ring (bicyclic) bond motifs is 1. The third kappa shape index (κ3) is 3.56. The Morgan fingerprint density at radius 3 is 2.72 bits per heavy atom. The van der Waals surface area contributed by atoms with Crippen molar-refractivity contribution in [3.8, 4) is 0 Å². The molecule has 148 valence electrons. The van der Waals surface area contributed by atoms with Crippen LogP contribution in [0.1, 0.15) is 48.3 Å². The van der Waals surface area contributed by atoms with Crippen molar-refractivity contribution in [3.63, 3.8) is 0 Å². The van der Waals surface area contributed by atoms with E-state index in [1.165, 1.54) is 17.7 Å². The van der Waals surface area contributed by atoms with E-state index in [1.807, 2.05) is 41.5 Å². The van der Waals surface area contributed by atoms with Gasteiger partial charge in [0, 0.05) is 37.5 Å². The number of nitrogens with zero attached hydrogens (tertiary/aromatic N) is 6. The smallest absolute Gasteiger partial charge is 0.137 e. The Morgan fingerprint density at radius 1 is 0.966 bits per heavy atom. The molecule has 1 saturated heterocycles. The molecule has 4 aromatic rings. The first-order chi connectivity index (χ1) is 14.3. The van der Waals surface area contributed by atoms with Crippen LogP contribution in [0.15, 0.2) is 67.4 Å². The van der Waals surface area contributed by atoms with Crippen LogP contribution in [0.5, 0.6) is 0 Å². The van der Waals surface area contributed by atoms with Crippen LogP contribution in [-0.2, 0) is 6.54 Å². The lowest BCUT2D eigenvalue weighted by Gasteiger charge is -2.41. The Morgan fingerprint density at radius 2 is 1.90 bits per heavy atom. The molecule has 0 radical (unpaired) electrons. The minimum atomic E-state index is 0.283. The number of rotatable bonds is 5. The summed E-state index contributed by atoms with van der Waals surface area (Å²) < 4.78 is 4.13. The van der Waals surface area contributed by atoms with E-state index in [9.17, 15) is 0 Å². The second-order valence-corrected chi connectivity index (χ2v) is 7.81. The lowest BCUT2D eigenvalue weighted by molar-refractivity contribution is 0.0717. The molecule has 0 saturated carbocycles. The molecule has 0 N–H and O–H groups in total. The first kappa shape index (κ1) is 18.1. The van der Waals surface area contributed by atoms with Gasteiger partial charge in [-0.25, -0.2) is 4.98 Å². The van der Waals surface area contributed by atoms with Crippen LogP contribution >= 0.6 is 0 Å². The van der Waals surface area contributed by atoms with Crippen molar-refractivity contribution in [2.75, 3.05) is 6.54 Å². The molecule has 0 bridgehead atoms. The molecule has 5 rings (SSSR count). The third-order valence-electron chi connectivity index (χ3n) is 5.99.